The molecule has 10 heteroatoms. The molecule has 10 nitrogen and oxygen atoms in total. The Hall–Kier alpha value is -3.27. The number of aromatic amines is 1. The van der Waals surface area contributed by atoms with E-state index in [9.17, 15) is 19.5 Å². The van der Waals surface area contributed by atoms with Crippen LogP contribution in [-0.2, 0) is 9.47 Å². The molecule has 1 aliphatic rings. The molecule has 0 aliphatic heterocycles. The Bertz CT molecular complexity index is 1140. The molecule has 0 radical (unpaired) electrons. The van der Waals surface area contributed by atoms with E-state index < -0.39 is 35.5 Å². The number of alkyl carbamates (subject to hydrolysis) is 2. The highest BCUT2D eigenvalue weighted by Gasteiger charge is 2.29. The van der Waals surface area contributed by atoms with Crippen molar-refractivity contribution >= 4 is 29.0 Å². The molecule has 0 spiro atoms. The predicted molar refractivity (Wildman–Crippen MR) is 150 cm³/mol. The van der Waals surface area contributed by atoms with Crippen LogP contribution in [0, 0.1) is 0 Å². The van der Waals surface area contributed by atoms with Crippen molar-refractivity contribution in [3.8, 4) is 0 Å². The minimum Gasteiger partial charge on any atom is -0.444 e. The number of aliphatic hydroxyl groups excluding tert-OH is 1. The highest BCUT2D eigenvalue weighted by Crippen LogP contribution is 2.39. The zero-order valence-corrected chi connectivity index (χ0v) is 24.0. The van der Waals surface area contributed by atoms with Crippen LogP contribution in [0.4, 0.5) is 9.59 Å². The van der Waals surface area contributed by atoms with Crippen molar-refractivity contribution < 1.29 is 29.0 Å². The summed E-state index contributed by atoms with van der Waals surface area (Å²) in [6.07, 6.45) is 2.08. The molecule has 0 bridgehead atoms. The molecule has 1 aliphatic carbocycles. The molecule has 1 fully saturated rings. The first-order chi connectivity index (χ1) is 18.2. The van der Waals surface area contributed by atoms with Gasteiger partial charge in [-0.1, -0.05) is 31.0 Å². The predicted octanol–water partition coefficient (Wildman–Crippen LogP) is 4.72. The highest BCUT2D eigenvalue weighted by molar-refractivity contribution is 6.01. The van der Waals surface area contributed by atoms with Crippen LogP contribution in [0.2, 0.25) is 0 Å². The molecule has 2 atom stereocenters. The normalized spacial score (nSPS) is 16.0. The second-order valence-electron chi connectivity index (χ2n) is 12.2. The fourth-order valence-electron chi connectivity index (χ4n) is 4.85. The Morgan fingerprint density at radius 2 is 1.59 bits per heavy atom. The van der Waals surface area contributed by atoms with Gasteiger partial charge in [-0.05, 0) is 78.4 Å². The number of hydrogen-bond acceptors (Lipinski definition) is 6. The Morgan fingerprint density at radius 3 is 2.23 bits per heavy atom. The van der Waals surface area contributed by atoms with Gasteiger partial charge >= 0.3 is 12.2 Å². The van der Waals surface area contributed by atoms with E-state index in [4.69, 9.17) is 9.47 Å². The van der Waals surface area contributed by atoms with Crippen molar-refractivity contribution in [2.45, 2.75) is 103 Å². The average molecular weight is 545 g/mol. The van der Waals surface area contributed by atoms with Gasteiger partial charge in [0.15, 0.2) is 0 Å². The molecule has 216 valence electrons. The van der Waals surface area contributed by atoms with Gasteiger partial charge in [0.05, 0.1) is 12.1 Å². The molecule has 1 aromatic heterocycles. The van der Waals surface area contributed by atoms with Crippen LogP contribution in [0.15, 0.2) is 24.3 Å². The number of fused-ring (bicyclic) bond motifs is 1. The summed E-state index contributed by atoms with van der Waals surface area (Å²) in [5.74, 6) is 0.00488. The minimum atomic E-state index is -1.08. The Morgan fingerprint density at radius 1 is 0.974 bits per heavy atom. The van der Waals surface area contributed by atoms with Crippen LogP contribution < -0.4 is 16.0 Å². The number of benzene rings is 1. The molecule has 3 rings (SSSR count). The number of carbonyl (C=O) groups excluding carboxylic acids is 3. The summed E-state index contributed by atoms with van der Waals surface area (Å²) >= 11 is 0. The van der Waals surface area contributed by atoms with Crippen LogP contribution in [0.25, 0.3) is 10.9 Å². The average Bonchev–Trinajstić information content (AvgIpc) is 3.46. The van der Waals surface area contributed by atoms with E-state index >= 15 is 0 Å². The Balaban J connectivity index is 1.70. The van der Waals surface area contributed by atoms with Gasteiger partial charge in [-0.25, -0.2) is 9.59 Å². The number of aliphatic hydroxyl groups is 1. The standard InChI is InChI=1S/C29H44N4O6/c1-28(2,3)38-26(36)30-16-15-22(34)21(33-27(37)39-29(4,5)6)17-31-25(35)24-23(18-11-7-8-12-18)19-13-9-10-14-20(19)32-24/h9-10,13-14,18,21-22,32,34H,7-8,11-12,15-17H2,1-6H3,(H,30,36)(H,31,35)(H,33,37)/t21-,22?/m0/s1. The molecule has 2 aromatic rings. The third-order valence-electron chi connectivity index (χ3n) is 6.49. The molecule has 39 heavy (non-hydrogen) atoms. The monoisotopic (exact) mass is 544 g/mol. The first-order valence-corrected chi connectivity index (χ1v) is 13.8. The van der Waals surface area contributed by atoms with Crippen LogP contribution >= 0.6 is 0 Å². The molecule has 3 amide bonds. The SMILES string of the molecule is CC(C)(C)OC(=O)NCCC(O)[C@H](CNC(=O)c1[nH]c2ccccc2c1C1CCCC1)NC(=O)OC(C)(C)C. The van der Waals surface area contributed by atoms with E-state index in [1.807, 2.05) is 24.3 Å². The van der Waals surface area contributed by atoms with E-state index in [1.165, 1.54) is 0 Å². The van der Waals surface area contributed by atoms with Gasteiger partial charge in [-0.2, -0.15) is 0 Å². The highest BCUT2D eigenvalue weighted by atomic mass is 16.6. The van der Waals surface area contributed by atoms with Gasteiger partial charge in [0, 0.05) is 24.0 Å². The number of aromatic nitrogens is 1. The van der Waals surface area contributed by atoms with E-state index in [0.29, 0.717) is 11.6 Å². The number of para-hydroxylation sites is 1. The maximum absolute atomic E-state index is 13.4. The zero-order valence-electron chi connectivity index (χ0n) is 24.0. The minimum absolute atomic E-state index is 0.0366. The second-order valence-corrected chi connectivity index (χ2v) is 12.2. The van der Waals surface area contributed by atoms with Gasteiger partial charge in [0.1, 0.15) is 16.9 Å². The number of rotatable bonds is 9. The van der Waals surface area contributed by atoms with Crippen LogP contribution in [0.3, 0.4) is 0 Å². The molecule has 1 heterocycles. The maximum atomic E-state index is 13.4. The van der Waals surface area contributed by atoms with Gasteiger partial charge in [0.2, 0.25) is 0 Å². The molecular formula is C29H44N4O6. The summed E-state index contributed by atoms with van der Waals surface area (Å²) in [4.78, 5) is 41.2. The summed E-state index contributed by atoms with van der Waals surface area (Å²) < 4.78 is 10.6. The van der Waals surface area contributed by atoms with Crippen molar-refractivity contribution in [2.75, 3.05) is 13.1 Å². The number of hydrogen-bond donors (Lipinski definition) is 5. The smallest absolute Gasteiger partial charge is 0.408 e. The largest absolute Gasteiger partial charge is 0.444 e. The van der Waals surface area contributed by atoms with E-state index in [2.05, 4.69) is 20.9 Å². The van der Waals surface area contributed by atoms with Gasteiger partial charge < -0.3 is 35.5 Å². The first-order valence-electron chi connectivity index (χ1n) is 13.8. The molecule has 1 saturated carbocycles. The summed E-state index contributed by atoms with van der Waals surface area (Å²) in [5, 5.41) is 20.1. The topological polar surface area (TPSA) is 142 Å². The van der Waals surface area contributed by atoms with Gasteiger partial charge in [-0.15, -0.1) is 0 Å². The lowest BCUT2D eigenvalue weighted by Gasteiger charge is -2.27. The number of H-pyrrole nitrogens is 1. The van der Waals surface area contributed by atoms with E-state index in [0.717, 1.165) is 42.1 Å². The summed E-state index contributed by atoms with van der Waals surface area (Å²) in [7, 11) is 0. The molecule has 5 N–H and O–H groups in total. The quantitative estimate of drug-likeness (QED) is 0.309. The third kappa shape index (κ3) is 9.16. The number of nitrogens with one attached hydrogen (secondary N) is 4. The van der Waals surface area contributed by atoms with Crippen LogP contribution in [-0.4, -0.2) is 64.6 Å². The maximum Gasteiger partial charge on any atom is 0.408 e. The second kappa shape index (κ2) is 12.7. The van der Waals surface area contributed by atoms with Crippen molar-refractivity contribution in [3.63, 3.8) is 0 Å². The summed E-state index contributed by atoms with van der Waals surface area (Å²) in [5.41, 5.74) is 1.07. The van der Waals surface area contributed by atoms with Crippen molar-refractivity contribution in [3.05, 3.63) is 35.5 Å². The first kappa shape index (κ1) is 30.3. The lowest BCUT2D eigenvalue weighted by atomic mass is 9.94. The number of amides is 3. The lowest BCUT2D eigenvalue weighted by molar-refractivity contribution is 0.0393. The van der Waals surface area contributed by atoms with Gasteiger partial charge in [-0.3, -0.25) is 4.79 Å². The molecule has 0 saturated heterocycles. The van der Waals surface area contributed by atoms with Gasteiger partial charge in [0.25, 0.3) is 5.91 Å². The third-order valence-corrected chi connectivity index (χ3v) is 6.49. The molecule has 1 aromatic carbocycles. The Labute approximate surface area is 230 Å². The van der Waals surface area contributed by atoms with Crippen LogP contribution in [0.1, 0.15) is 95.6 Å². The van der Waals surface area contributed by atoms with E-state index in [1.54, 1.807) is 41.5 Å². The number of carbonyl (C=O) groups is 3. The fraction of sp³-hybridized carbons (Fsp3) is 0.621. The summed E-state index contributed by atoms with van der Waals surface area (Å²) in [6, 6.07) is 7.03. The summed E-state index contributed by atoms with van der Waals surface area (Å²) in [6.45, 7) is 10.6. The zero-order chi connectivity index (χ0) is 28.8. The molecule has 1 unspecified atom stereocenters. The molecular weight excluding hydrogens is 500 g/mol. The Kier molecular flexibility index (Phi) is 9.88. The lowest BCUT2D eigenvalue weighted by Crippen LogP contribution is -2.52. The van der Waals surface area contributed by atoms with E-state index in [-0.39, 0.29) is 25.4 Å². The fourth-order valence-corrected chi connectivity index (χ4v) is 4.85. The van der Waals surface area contributed by atoms with Crippen molar-refractivity contribution in [1.29, 1.82) is 0 Å². The van der Waals surface area contributed by atoms with Crippen molar-refractivity contribution in [2.24, 2.45) is 0 Å². The van der Waals surface area contributed by atoms with Crippen LogP contribution in [0.5, 0.6) is 0 Å². The number of ether oxygens (including phenoxy) is 2. The van der Waals surface area contributed by atoms with Crippen molar-refractivity contribution in [1.82, 2.24) is 20.9 Å².